The van der Waals surface area contributed by atoms with Gasteiger partial charge < -0.3 is 15.0 Å². The summed E-state index contributed by atoms with van der Waals surface area (Å²) >= 11 is 3.30. The molecular weight excluding hydrogens is 558 g/mol. The highest BCUT2D eigenvalue weighted by atomic mass is 79.9. The van der Waals surface area contributed by atoms with Gasteiger partial charge in [0.2, 0.25) is 10.0 Å². The first kappa shape index (κ1) is 27.1. The summed E-state index contributed by atoms with van der Waals surface area (Å²) in [6, 6.07) is 17.3. The van der Waals surface area contributed by atoms with Crippen LogP contribution in [0.2, 0.25) is 0 Å². The van der Waals surface area contributed by atoms with Crippen molar-refractivity contribution in [1.82, 2.24) is 9.62 Å². The molecule has 4 rings (SSSR count). The highest BCUT2D eigenvalue weighted by Crippen LogP contribution is 2.30. The van der Waals surface area contributed by atoms with Crippen molar-refractivity contribution in [3.05, 3.63) is 71.8 Å². The van der Waals surface area contributed by atoms with Gasteiger partial charge >= 0.3 is 6.09 Å². The number of rotatable bonds is 8. The van der Waals surface area contributed by atoms with Gasteiger partial charge in [-0.15, -0.1) is 0 Å². The molecule has 0 aromatic heterocycles. The Morgan fingerprint density at radius 2 is 1.68 bits per heavy atom. The number of likely N-dealkylation sites (tertiary alicyclic amines) is 1. The number of nitrogens with zero attached hydrogens (tertiary/aromatic N) is 1. The number of piperidine rings is 1. The Labute approximate surface area is 225 Å². The van der Waals surface area contributed by atoms with E-state index in [1.54, 1.807) is 41.3 Å². The normalized spacial score (nSPS) is 14.5. The SMILES string of the molecule is Cc1ccccc1C(=O)Nc1ccc(S(=O)(=O)NC2CCN(C(=O)OCCCBr)CC2)c2ccccc12. The molecule has 3 aromatic rings. The summed E-state index contributed by atoms with van der Waals surface area (Å²) in [5.74, 6) is -0.255. The molecule has 1 fully saturated rings. The Hall–Kier alpha value is -2.95. The Morgan fingerprint density at radius 3 is 2.38 bits per heavy atom. The Morgan fingerprint density at radius 1 is 1.00 bits per heavy atom. The van der Waals surface area contributed by atoms with Gasteiger partial charge in [0, 0.05) is 46.5 Å². The molecule has 0 unspecified atom stereocenters. The summed E-state index contributed by atoms with van der Waals surface area (Å²) in [7, 11) is -3.85. The number of sulfonamides is 1. The van der Waals surface area contributed by atoms with Crippen LogP contribution in [0.1, 0.15) is 35.2 Å². The maximum Gasteiger partial charge on any atom is 0.409 e. The molecule has 1 heterocycles. The predicted molar refractivity (Wildman–Crippen MR) is 148 cm³/mol. The average Bonchev–Trinajstić information content (AvgIpc) is 2.89. The molecule has 1 aliphatic heterocycles. The molecule has 3 aromatic carbocycles. The topological polar surface area (TPSA) is 105 Å². The minimum atomic E-state index is -3.85. The lowest BCUT2D eigenvalue weighted by Crippen LogP contribution is -2.46. The molecule has 0 radical (unpaired) electrons. The highest BCUT2D eigenvalue weighted by molar-refractivity contribution is 9.09. The zero-order chi connectivity index (χ0) is 26.4. The summed E-state index contributed by atoms with van der Waals surface area (Å²) in [4.78, 5) is 26.8. The number of hydrogen-bond acceptors (Lipinski definition) is 5. The molecular formula is C27H30BrN3O5S. The summed E-state index contributed by atoms with van der Waals surface area (Å²) in [6.07, 6.45) is 1.37. The number of carbonyl (C=O) groups excluding carboxylic acids is 2. The third-order valence-corrected chi connectivity index (χ3v) is 8.53. The molecule has 10 heteroatoms. The van der Waals surface area contributed by atoms with Gasteiger partial charge in [-0.05, 0) is 49.9 Å². The first-order valence-corrected chi connectivity index (χ1v) is 14.8. The fourth-order valence-electron chi connectivity index (χ4n) is 4.40. The standard InChI is InChI=1S/C27H30BrN3O5S/c1-19-7-2-3-8-21(19)26(32)29-24-11-12-25(23-10-5-4-9-22(23)24)37(34,35)30-20-13-16-31(17-14-20)27(33)36-18-6-15-28/h2-5,7-12,20,30H,6,13-18H2,1H3,(H,29,32). The minimum absolute atomic E-state index is 0.147. The number of anilines is 1. The molecule has 1 saturated heterocycles. The maximum absolute atomic E-state index is 13.4. The van der Waals surface area contributed by atoms with E-state index < -0.39 is 10.0 Å². The smallest absolute Gasteiger partial charge is 0.409 e. The van der Waals surface area contributed by atoms with Crippen LogP contribution in [-0.2, 0) is 14.8 Å². The van der Waals surface area contributed by atoms with Crippen molar-refractivity contribution in [2.75, 3.05) is 30.3 Å². The second kappa shape index (κ2) is 12.1. The second-order valence-electron chi connectivity index (χ2n) is 8.97. The summed E-state index contributed by atoms with van der Waals surface area (Å²) < 4.78 is 34.8. The van der Waals surface area contributed by atoms with Crippen molar-refractivity contribution in [3.8, 4) is 0 Å². The highest BCUT2D eigenvalue weighted by Gasteiger charge is 2.28. The maximum atomic E-state index is 13.4. The van der Waals surface area contributed by atoms with E-state index in [1.807, 2.05) is 25.1 Å². The number of benzene rings is 3. The average molecular weight is 589 g/mol. The van der Waals surface area contributed by atoms with Crippen molar-refractivity contribution in [1.29, 1.82) is 0 Å². The van der Waals surface area contributed by atoms with Crippen molar-refractivity contribution < 1.29 is 22.7 Å². The molecule has 196 valence electrons. The van der Waals surface area contributed by atoms with Crippen LogP contribution in [0, 0.1) is 6.92 Å². The lowest BCUT2D eigenvalue weighted by Gasteiger charge is -2.31. The third-order valence-electron chi connectivity index (χ3n) is 6.39. The van der Waals surface area contributed by atoms with Crippen LogP contribution in [-0.4, -0.2) is 56.4 Å². The number of nitrogens with one attached hydrogen (secondary N) is 2. The van der Waals surface area contributed by atoms with Crippen molar-refractivity contribution in [2.45, 2.75) is 37.1 Å². The summed E-state index contributed by atoms with van der Waals surface area (Å²) in [5.41, 5.74) is 1.95. The fourth-order valence-corrected chi connectivity index (χ4v) is 6.15. The molecule has 2 N–H and O–H groups in total. The van der Waals surface area contributed by atoms with Gasteiger partial charge in [0.1, 0.15) is 0 Å². The molecule has 2 amide bonds. The number of fused-ring (bicyclic) bond motifs is 1. The number of halogens is 1. The first-order chi connectivity index (χ1) is 17.8. The Bertz CT molecular complexity index is 1390. The van der Waals surface area contributed by atoms with Crippen LogP contribution in [0.3, 0.4) is 0 Å². The summed E-state index contributed by atoms with van der Waals surface area (Å²) in [6.45, 7) is 3.06. The van der Waals surface area contributed by atoms with Crippen LogP contribution in [0.25, 0.3) is 10.8 Å². The van der Waals surface area contributed by atoms with E-state index in [0.717, 1.165) is 17.3 Å². The third kappa shape index (κ3) is 6.49. The minimum Gasteiger partial charge on any atom is -0.449 e. The predicted octanol–water partition coefficient (Wildman–Crippen LogP) is 5.06. The number of aryl methyl sites for hydroxylation is 1. The van der Waals surface area contributed by atoms with Gasteiger partial charge in [-0.25, -0.2) is 17.9 Å². The largest absolute Gasteiger partial charge is 0.449 e. The second-order valence-corrected chi connectivity index (χ2v) is 11.4. The molecule has 0 atom stereocenters. The molecule has 0 saturated carbocycles. The molecule has 0 bridgehead atoms. The van der Waals surface area contributed by atoms with E-state index in [4.69, 9.17) is 4.74 Å². The van der Waals surface area contributed by atoms with Crippen LogP contribution in [0.15, 0.2) is 65.6 Å². The number of hydrogen-bond donors (Lipinski definition) is 2. The fraction of sp³-hybridized carbons (Fsp3) is 0.333. The van der Waals surface area contributed by atoms with Gasteiger partial charge in [0.05, 0.1) is 11.5 Å². The first-order valence-electron chi connectivity index (χ1n) is 12.2. The number of alkyl halides is 1. The van der Waals surface area contributed by atoms with E-state index in [1.165, 1.54) is 6.07 Å². The van der Waals surface area contributed by atoms with E-state index in [9.17, 15) is 18.0 Å². The Kier molecular flexibility index (Phi) is 8.83. The zero-order valence-electron chi connectivity index (χ0n) is 20.6. The zero-order valence-corrected chi connectivity index (χ0v) is 23.0. The monoisotopic (exact) mass is 587 g/mol. The number of ether oxygens (including phenoxy) is 1. The quantitative estimate of drug-likeness (QED) is 0.283. The van der Waals surface area contributed by atoms with Crippen LogP contribution in [0.4, 0.5) is 10.5 Å². The van der Waals surface area contributed by atoms with Gasteiger partial charge in [-0.3, -0.25) is 4.79 Å². The van der Waals surface area contributed by atoms with Crippen molar-refractivity contribution in [2.24, 2.45) is 0 Å². The van der Waals surface area contributed by atoms with E-state index in [0.29, 0.717) is 54.6 Å². The molecule has 0 aliphatic carbocycles. The van der Waals surface area contributed by atoms with Gasteiger partial charge in [0.15, 0.2) is 0 Å². The number of amides is 2. The molecule has 0 spiro atoms. The molecule has 8 nitrogen and oxygen atoms in total. The Balaban J connectivity index is 1.48. The summed E-state index contributed by atoms with van der Waals surface area (Å²) in [5, 5.41) is 4.84. The molecule has 1 aliphatic rings. The van der Waals surface area contributed by atoms with E-state index in [2.05, 4.69) is 26.0 Å². The van der Waals surface area contributed by atoms with Crippen LogP contribution < -0.4 is 10.0 Å². The number of carbonyl (C=O) groups is 2. The van der Waals surface area contributed by atoms with Crippen molar-refractivity contribution >= 4 is 54.4 Å². The van der Waals surface area contributed by atoms with Crippen LogP contribution in [0.5, 0.6) is 0 Å². The molecule has 37 heavy (non-hydrogen) atoms. The van der Waals surface area contributed by atoms with Crippen molar-refractivity contribution in [3.63, 3.8) is 0 Å². The lowest BCUT2D eigenvalue weighted by molar-refractivity contribution is 0.0925. The van der Waals surface area contributed by atoms with E-state index >= 15 is 0 Å². The van der Waals surface area contributed by atoms with Gasteiger partial charge in [0.25, 0.3) is 5.91 Å². The van der Waals surface area contributed by atoms with Gasteiger partial charge in [-0.2, -0.15) is 0 Å². The van der Waals surface area contributed by atoms with Gasteiger partial charge in [-0.1, -0.05) is 58.4 Å². The lowest BCUT2D eigenvalue weighted by atomic mass is 10.1. The van der Waals surface area contributed by atoms with E-state index in [-0.39, 0.29) is 22.9 Å². The van der Waals surface area contributed by atoms with Crippen LogP contribution >= 0.6 is 15.9 Å².